The number of nitrogens with two attached hydrogens (primary N) is 1. The van der Waals surface area contributed by atoms with Crippen LogP contribution in [0.2, 0.25) is 0 Å². The zero-order valence-electron chi connectivity index (χ0n) is 14.4. The molecule has 0 saturated carbocycles. The molecule has 0 saturated heterocycles. The molecule has 0 fully saturated rings. The van der Waals surface area contributed by atoms with E-state index in [0.717, 1.165) is 19.4 Å². The Hall–Kier alpha value is -2.51. The summed E-state index contributed by atoms with van der Waals surface area (Å²) in [6, 6.07) is 2.90. The predicted octanol–water partition coefficient (Wildman–Crippen LogP) is 3.75. The van der Waals surface area contributed by atoms with E-state index in [4.69, 9.17) is 10.5 Å². The van der Waals surface area contributed by atoms with Gasteiger partial charge in [0.1, 0.15) is 12.3 Å². The SMILES string of the molecule is CCCCNc1nc(N)ncc1OCc1ccc(C(F)(F)CC)nc1. The third-order valence-corrected chi connectivity index (χ3v) is 3.63. The number of hydrogen-bond donors (Lipinski definition) is 2. The van der Waals surface area contributed by atoms with Gasteiger partial charge in [0.15, 0.2) is 11.6 Å². The third kappa shape index (κ3) is 5.23. The second-order valence-electron chi connectivity index (χ2n) is 5.62. The molecule has 2 aromatic heterocycles. The van der Waals surface area contributed by atoms with Gasteiger partial charge in [-0.15, -0.1) is 0 Å². The van der Waals surface area contributed by atoms with E-state index in [0.29, 0.717) is 17.1 Å². The first-order chi connectivity index (χ1) is 12.0. The Kier molecular flexibility index (Phi) is 6.44. The lowest BCUT2D eigenvalue weighted by atomic mass is 10.1. The molecule has 0 radical (unpaired) electrons. The van der Waals surface area contributed by atoms with Crippen LogP contribution in [0.3, 0.4) is 0 Å². The molecule has 6 nitrogen and oxygen atoms in total. The predicted molar refractivity (Wildman–Crippen MR) is 92.6 cm³/mol. The van der Waals surface area contributed by atoms with Crippen molar-refractivity contribution in [3.05, 3.63) is 35.8 Å². The normalized spacial score (nSPS) is 11.4. The van der Waals surface area contributed by atoms with Crippen molar-refractivity contribution in [2.24, 2.45) is 0 Å². The van der Waals surface area contributed by atoms with Crippen molar-refractivity contribution in [3.63, 3.8) is 0 Å². The number of aromatic nitrogens is 3. The monoisotopic (exact) mass is 351 g/mol. The molecule has 0 unspecified atom stereocenters. The maximum absolute atomic E-state index is 13.6. The van der Waals surface area contributed by atoms with Gasteiger partial charge in [0.2, 0.25) is 5.95 Å². The molecule has 0 aliphatic heterocycles. The molecule has 0 amide bonds. The molecule has 2 aromatic rings. The molecule has 0 aliphatic carbocycles. The highest BCUT2D eigenvalue weighted by molar-refractivity contribution is 5.51. The zero-order chi connectivity index (χ0) is 18.3. The highest BCUT2D eigenvalue weighted by atomic mass is 19.3. The first-order valence-corrected chi connectivity index (χ1v) is 8.28. The lowest BCUT2D eigenvalue weighted by molar-refractivity contribution is -0.0128. The number of pyridine rings is 1. The van der Waals surface area contributed by atoms with E-state index < -0.39 is 5.92 Å². The molecule has 0 spiro atoms. The van der Waals surface area contributed by atoms with Crippen LogP contribution in [-0.2, 0) is 12.5 Å². The molecule has 0 bridgehead atoms. The van der Waals surface area contributed by atoms with Crippen LogP contribution in [0.5, 0.6) is 5.75 Å². The highest BCUT2D eigenvalue weighted by Crippen LogP contribution is 2.29. The van der Waals surface area contributed by atoms with Crippen LogP contribution in [0.1, 0.15) is 44.4 Å². The quantitative estimate of drug-likeness (QED) is 0.669. The average Bonchev–Trinajstić information content (AvgIpc) is 2.61. The molecular formula is C17H23F2N5O. The molecule has 2 rings (SSSR count). The lowest BCUT2D eigenvalue weighted by Crippen LogP contribution is -2.14. The minimum atomic E-state index is -2.92. The molecule has 25 heavy (non-hydrogen) atoms. The van der Waals surface area contributed by atoms with Gasteiger partial charge < -0.3 is 15.8 Å². The van der Waals surface area contributed by atoms with Crippen molar-refractivity contribution in [1.29, 1.82) is 0 Å². The number of anilines is 2. The number of hydrogen-bond acceptors (Lipinski definition) is 6. The first kappa shape index (κ1) is 18.8. The Labute approximate surface area is 145 Å². The summed E-state index contributed by atoms with van der Waals surface area (Å²) in [7, 11) is 0. The van der Waals surface area contributed by atoms with Crippen molar-refractivity contribution < 1.29 is 13.5 Å². The number of unbranched alkanes of at least 4 members (excludes halogenated alkanes) is 1. The number of nitrogens with zero attached hydrogens (tertiary/aromatic N) is 3. The van der Waals surface area contributed by atoms with E-state index >= 15 is 0 Å². The molecule has 0 aliphatic rings. The molecule has 0 atom stereocenters. The van der Waals surface area contributed by atoms with Gasteiger partial charge in [-0.2, -0.15) is 13.8 Å². The first-order valence-electron chi connectivity index (χ1n) is 8.28. The van der Waals surface area contributed by atoms with Crippen LogP contribution < -0.4 is 15.8 Å². The molecule has 8 heteroatoms. The van der Waals surface area contributed by atoms with Gasteiger partial charge >= 0.3 is 0 Å². The zero-order valence-corrected chi connectivity index (χ0v) is 14.4. The van der Waals surface area contributed by atoms with Gasteiger partial charge in [0, 0.05) is 24.7 Å². The van der Waals surface area contributed by atoms with Crippen molar-refractivity contribution in [2.45, 2.75) is 45.6 Å². The van der Waals surface area contributed by atoms with Gasteiger partial charge in [-0.25, -0.2) is 4.98 Å². The largest absolute Gasteiger partial charge is 0.483 e. The second-order valence-corrected chi connectivity index (χ2v) is 5.62. The van der Waals surface area contributed by atoms with Crippen LogP contribution in [0.25, 0.3) is 0 Å². The highest BCUT2D eigenvalue weighted by Gasteiger charge is 2.30. The minimum absolute atomic E-state index is 0.152. The Balaban J connectivity index is 2.03. The smallest absolute Gasteiger partial charge is 0.289 e. The van der Waals surface area contributed by atoms with E-state index in [-0.39, 0.29) is 24.7 Å². The van der Waals surface area contributed by atoms with Crippen molar-refractivity contribution in [1.82, 2.24) is 15.0 Å². The van der Waals surface area contributed by atoms with Crippen LogP contribution in [0.4, 0.5) is 20.5 Å². The Morgan fingerprint density at radius 2 is 2.00 bits per heavy atom. The second kappa shape index (κ2) is 8.55. The molecule has 2 heterocycles. The summed E-state index contributed by atoms with van der Waals surface area (Å²) in [5.74, 6) is -1.80. The molecule has 136 valence electrons. The van der Waals surface area contributed by atoms with E-state index in [9.17, 15) is 8.78 Å². The van der Waals surface area contributed by atoms with Gasteiger partial charge in [-0.05, 0) is 12.5 Å². The number of ether oxygens (including phenoxy) is 1. The van der Waals surface area contributed by atoms with Crippen LogP contribution >= 0.6 is 0 Å². The topological polar surface area (TPSA) is 86.0 Å². The summed E-state index contributed by atoms with van der Waals surface area (Å²) in [6.45, 7) is 4.42. The number of nitrogens with one attached hydrogen (secondary N) is 1. The molecular weight excluding hydrogens is 328 g/mol. The summed E-state index contributed by atoms with van der Waals surface area (Å²) >= 11 is 0. The Morgan fingerprint density at radius 1 is 1.20 bits per heavy atom. The maximum Gasteiger partial charge on any atom is 0.289 e. The fourth-order valence-corrected chi connectivity index (χ4v) is 2.07. The van der Waals surface area contributed by atoms with Crippen molar-refractivity contribution in [3.8, 4) is 5.75 Å². The fourth-order valence-electron chi connectivity index (χ4n) is 2.07. The van der Waals surface area contributed by atoms with Crippen molar-refractivity contribution >= 4 is 11.8 Å². The summed E-state index contributed by atoms with van der Waals surface area (Å²) in [5, 5.41) is 3.16. The summed E-state index contributed by atoms with van der Waals surface area (Å²) in [5.41, 5.74) is 6.04. The van der Waals surface area contributed by atoms with Crippen LogP contribution in [-0.4, -0.2) is 21.5 Å². The lowest BCUT2D eigenvalue weighted by Gasteiger charge is -2.14. The van der Waals surface area contributed by atoms with Gasteiger partial charge in [0.25, 0.3) is 5.92 Å². The van der Waals surface area contributed by atoms with E-state index in [1.165, 1.54) is 25.4 Å². The van der Waals surface area contributed by atoms with E-state index in [2.05, 4.69) is 27.2 Å². The minimum Gasteiger partial charge on any atom is -0.483 e. The summed E-state index contributed by atoms with van der Waals surface area (Å²) in [6.07, 6.45) is 4.63. The van der Waals surface area contributed by atoms with Gasteiger partial charge in [-0.1, -0.05) is 26.3 Å². The number of halogens is 2. The Bertz CT molecular complexity index is 679. The maximum atomic E-state index is 13.6. The van der Waals surface area contributed by atoms with Crippen LogP contribution in [0, 0.1) is 0 Å². The average molecular weight is 351 g/mol. The van der Waals surface area contributed by atoms with Crippen LogP contribution in [0.15, 0.2) is 24.5 Å². The number of nitrogen functional groups attached to an aromatic ring is 1. The number of rotatable bonds is 9. The summed E-state index contributed by atoms with van der Waals surface area (Å²) < 4.78 is 32.8. The fraction of sp³-hybridized carbons (Fsp3) is 0.471. The molecule has 0 aromatic carbocycles. The third-order valence-electron chi connectivity index (χ3n) is 3.63. The van der Waals surface area contributed by atoms with Gasteiger partial charge in [-0.3, -0.25) is 4.98 Å². The van der Waals surface area contributed by atoms with Crippen molar-refractivity contribution in [2.75, 3.05) is 17.6 Å². The van der Waals surface area contributed by atoms with Gasteiger partial charge in [0.05, 0.1) is 6.20 Å². The molecule has 3 N–H and O–H groups in total. The standard InChI is InChI=1S/C17H23F2N5O/c1-3-5-8-21-15-13(10-23-16(20)24-15)25-11-12-6-7-14(22-9-12)17(18,19)4-2/h6-7,9-10H,3-5,8,11H2,1-2H3,(H3,20,21,23,24). The van der Waals surface area contributed by atoms with E-state index in [1.54, 1.807) is 6.07 Å². The summed E-state index contributed by atoms with van der Waals surface area (Å²) in [4.78, 5) is 11.9. The Morgan fingerprint density at radius 3 is 2.64 bits per heavy atom. The number of alkyl halides is 2. The van der Waals surface area contributed by atoms with E-state index in [1.807, 2.05) is 0 Å².